The average molecular weight is 283 g/mol. The van der Waals surface area contributed by atoms with Gasteiger partial charge in [0.05, 0.1) is 7.11 Å². The first-order valence-electron chi connectivity index (χ1n) is 6.09. The molecule has 6 heteroatoms. The lowest BCUT2D eigenvalue weighted by Gasteiger charge is -2.11. The summed E-state index contributed by atoms with van der Waals surface area (Å²) in [6, 6.07) is 10.0. The van der Waals surface area contributed by atoms with E-state index in [1.54, 1.807) is 24.3 Å². The summed E-state index contributed by atoms with van der Waals surface area (Å²) in [4.78, 5) is 15.6. The molecule has 0 aliphatic rings. The van der Waals surface area contributed by atoms with Crippen molar-refractivity contribution >= 4 is 11.7 Å². The van der Waals surface area contributed by atoms with Crippen LogP contribution in [0.4, 0.5) is 5.69 Å². The van der Waals surface area contributed by atoms with E-state index in [-0.39, 0.29) is 12.2 Å². The van der Waals surface area contributed by atoms with Crippen molar-refractivity contribution in [2.75, 3.05) is 12.8 Å². The number of hydrogen-bond donors (Lipinski definition) is 1. The maximum absolute atomic E-state index is 11.7. The van der Waals surface area contributed by atoms with Crippen molar-refractivity contribution in [3.8, 4) is 11.8 Å². The molecule has 1 aromatic heterocycles. The van der Waals surface area contributed by atoms with Crippen LogP contribution in [0.2, 0.25) is 0 Å². The average Bonchev–Trinajstić information content (AvgIpc) is 2.53. The first kappa shape index (κ1) is 14.3. The van der Waals surface area contributed by atoms with Crippen LogP contribution in [-0.4, -0.2) is 18.1 Å². The molecule has 0 spiro atoms. The van der Waals surface area contributed by atoms with Crippen molar-refractivity contribution in [1.82, 2.24) is 4.98 Å². The van der Waals surface area contributed by atoms with Crippen LogP contribution in [-0.2, 0) is 11.3 Å². The fourth-order valence-corrected chi connectivity index (χ4v) is 1.73. The number of ether oxygens (including phenoxy) is 2. The molecular weight excluding hydrogens is 270 g/mol. The Hall–Kier alpha value is -3.07. The van der Waals surface area contributed by atoms with Crippen LogP contribution >= 0.6 is 0 Å². The van der Waals surface area contributed by atoms with Crippen molar-refractivity contribution in [2.45, 2.75) is 6.61 Å². The number of aromatic nitrogens is 1. The lowest BCUT2D eigenvalue weighted by molar-refractivity contribution is 0.0595. The second kappa shape index (κ2) is 6.39. The minimum atomic E-state index is -0.523. The molecule has 0 saturated carbocycles. The summed E-state index contributed by atoms with van der Waals surface area (Å²) in [6.07, 6.45) is 1.53. The highest BCUT2D eigenvalue weighted by atomic mass is 16.5. The summed E-state index contributed by atoms with van der Waals surface area (Å²) in [5.74, 6) is -0.156. The predicted octanol–water partition coefficient (Wildman–Crippen LogP) is 1.90. The highest BCUT2D eigenvalue weighted by Crippen LogP contribution is 2.23. The summed E-state index contributed by atoms with van der Waals surface area (Å²) in [5, 5.41) is 8.80. The minimum absolute atomic E-state index is 0.200. The van der Waals surface area contributed by atoms with Gasteiger partial charge in [0.15, 0.2) is 0 Å². The number of nitrogens with two attached hydrogens (primary N) is 1. The highest BCUT2D eigenvalue weighted by molar-refractivity contribution is 5.93. The van der Waals surface area contributed by atoms with Crippen LogP contribution in [0.5, 0.6) is 5.75 Å². The molecule has 106 valence electrons. The van der Waals surface area contributed by atoms with Gasteiger partial charge in [0.2, 0.25) is 0 Å². The van der Waals surface area contributed by atoms with Gasteiger partial charge in [-0.25, -0.2) is 9.78 Å². The number of hydrogen-bond acceptors (Lipinski definition) is 6. The van der Waals surface area contributed by atoms with Crippen molar-refractivity contribution in [3.63, 3.8) is 0 Å². The molecule has 0 atom stereocenters. The fraction of sp³-hybridized carbons (Fsp3) is 0.133. The number of carbonyl (C=O) groups is 1. The van der Waals surface area contributed by atoms with Crippen LogP contribution in [0.15, 0.2) is 36.5 Å². The van der Waals surface area contributed by atoms with E-state index in [4.69, 9.17) is 20.5 Å². The molecule has 0 saturated heterocycles. The van der Waals surface area contributed by atoms with Gasteiger partial charge in [0, 0.05) is 11.9 Å². The maximum Gasteiger partial charge on any atom is 0.341 e. The van der Waals surface area contributed by atoms with Gasteiger partial charge in [0.25, 0.3) is 0 Å². The van der Waals surface area contributed by atoms with E-state index in [9.17, 15) is 4.79 Å². The number of nitrogens with zero attached hydrogens (tertiary/aromatic N) is 2. The number of rotatable bonds is 4. The molecule has 0 aliphatic heterocycles. The fourth-order valence-electron chi connectivity index (χ4n) is 1.73. The van der Waals surface area contributed by atoms with Gasteiger partial charge in [-0.3, -0.25) is 0 Å². The molecular formula is C15H13N3O3. The number of methoxy groups -OCH3 is 1. The van der Waals surface area contributed by atoms with E-state index in [0.717, 1.165) is 5.56 Å². The summed E-state index contributed by atoms with van der Waals surface area (Å²) in [6.45, 7) is 0.200. The van der Waals surface area contributed by atoms with Crippen LogP contribution in [0.1, 0.15) is 21.6 Å². The molecule has 0 amide bonds. The summed E-state index contributed by atoms with van der Waals surface area (Å²) in [7, 11) is 1.29. The van der Waals surface area contributed by atoms with Crippen molar-refractivity contribution in [3.05, 3.63) is 53.3 Å². The zero-order chi connectivity index (χ0) is 15.2. The minimum Gasteiger partial charge on any atom is -0.488 e. The molecule has 2 N–H and O–H groups in total. The number of nitriles is 1. The predicted molar refractivity (Wildman–Crippen MR) is 75.5 cm³/mol. The normalized spacial score (nSPS) is 9.71. The first-order valence-corrected chi connectivity index (χ1v) is 6.09. The highest BCUT2D eigenvalue weighted by Gasteiger charge is 2.13. The Bertz CT molecular complexity index is 708. The quantitative estimate of drug-likeness (QED) is 0.679. The SMILES string of the molecule is COC(=O)c1cc(N)ccc1OCc1ccnc(C#N)c1. The largest absolute Gasteiger partial charge is 0.488 e. The summed E-state index contributed by atoms with van der Waals surface area (Å²) >= 11 is 0. The third-order valence-electron chi connectivity index (χ3n) is 2.74. The zero-order valence-corrected chi connectivity index (χ0v) is 11.4. The Morgan fingerprint density at radius 2 is 2.19 bits per heavy atom. The monoisotopic (exact) mass is 283 g/mol. The van der Waals surface area contributed by atoms with Gasteiger partial charge in [-0.15, -0.1) is 0 Å². The number of anilines is 1. The van der Waals surface area contributed by atoms with E-state index in [1.807, 2.05) is 6.07 Å². The van der Waals surface area contributed by atoms with E-state index in [1.165, 1.54) is 19.4 Å². The van der Waals surface area contributed by atoms with Crippen molar-refractivity contribution in [1.29, 1.82) is 5.26 Å². The van der Waals surface area contributed by atoms with Crippen LogP contribution in [0.25, 0.3) is 0 Å². The third kappa shape index (κ3) is 3.48. The standard InChI is InChI=1S/C15H13N3O3/c1-20-15(19)13-7-11(17)2-3-14(13)21-9-10-4-5-18-12(6-10)8-16/h2-7H,9,17H2,1H3. The number of carbonyl (C=O) groups excluding carboxylic acids is 1. The molecule has 6 nitrogen and oxygen atoms in total. The molecule has 0 fully saturated rings. The first-order chi connectivity index (χ1) is 10.1. The molecule has 1 aromatic carbocycles. The van der Waals surface area contributed by atoms with Gasteiger partial charge in [-0.05, 0) is 35.9 Å². The smallest absolute Gasteiger partial charge is 0.341 e. The van der Waals surface area contributed by atoms with E-state index < -0.39 is 5.97 Å². The Morgan fingerprint density at radius 1 is 1.38 bits per heavy atom. The number of esters is 1. The lowest BCUT2D eigenvalue weighted by atomic mass is 10.2. The zero-order valence-electron chi connectivity index (χ0n) is 11.4. The van der Waals surface area contributed by atoms with E-state index >= 15 is 0 Å². The Kier molecular flexibility index (Phi) is 4.36. The van der Waals surface area contributed by atoms with Crippen LogP contribution in [0.3, 0.4) is 0 Å². The second-order valence-electron chi connectivity index (χ2n) is 4.20. The van der Waals surface area contributed by atoms with Gasteiger partial charge < -0.3 is 15.2 Å². The Labute approximate surface area is 121 Å². The van der Waals surface area contributed by atoms with E-state index in [2.05, 4.69) is 4.98 Å². The molecule has 0 aliphatic carbocycles. The molecule has 0 radical (unpaired) electrons. The maximum atomic E-state index is 11.7. The number of benzene rings is 1. The van der Waals surface area contributed by atoms with E-state index in [0.29, 0.717) is 17.1 Å². The third-order valence-corrected chi connectivity index (χ3v) is 2.74. The Balaban J connectivity index is 2.20. The molecule has 21 heavy (non-hydrogen) atoms. The molecule has 2 aromatic rings. The Morgan fingerprint density at radius 3 is 2.90 bits per heavy atom. The van der Waals surface area contributed by atoms with Gasteiger partial charge >= 0.3 is 5.97 Å². The van der Waals surface area contributed by atoms with Gasteiger partial charge in [-0.2, -0.15) is 5.26 Å². The second-order valence-corrected chi connectivity index (χ2v) is 4.20. The molecule has 0 bridgehead atoms. The van der Waals surface area contributed by atoms with Gasteiger partial charge in [0.1, 0.15) is 29.7 Å². The number of pyridine rings is 1. The summed E-state index contributed by atoms with van der Waals surface area (Å²) in [5.41, 5.74) is 7.44. The molecule has 0 unspecified atom stereocenters. The lowest BCUT2D eigenvalue weighted by Crippen LogP contribution is -2.07. The molecule has 1 heterocycles. The molecule has 2 rings (SSSR count). The van der Waals surface area contributed by atoms with Gasteiger partial charge in [-0.1, -0.05) is 0 Å². The van der Waals surface area contributed by atoms with Crippen molar-refractivity contribution < 1.29 is 14.3 Å². The number of nitrogen functional groups attached to an aromatic ring is 1. The summed E-state index contributed by atoms with van der Waals surface area (Å²) < 4.78 is 10.3. The topological polar surface area (TPSA) is 98.2 Å². The van der Waals surface area contributed by atoms with Crippen molar-refractivity contribution in [2.24, 2.45) is 0 Å². The van der Waals surface area contributed by atoms with Crippen LogP contribution < -0.4 is 10.5 Å². The van der Waals surface area contributed by atoms with Crippen LogP contribution in [0, 0.1) is 11.3 Å².